The van der Waals surface area contributed by atoms with E-state index in [1.807, 2.05) is 104 Å². The molecule has 3 aromatic carbocycles. The number of ether oxygens (including phenoxy) is 2. The number of carbonyl (C=O) groups is 1. The van der Waals surface area contributed by atoms with Crippen molar-refractivity contribution in [3.8, 4) is 34.3 Å². The monoisotopic (exact) mass is 699 g/mol. The molecule has 0 spiro atoms. The first-order chi connectivity index (χ1) is 18.5. The Morgan fingerprint density at radius 1 is 0.769 bits per heavy atom. The zero-order valence-corrected chi connectivity index (χ0v) is 23.6. The van der Waals surface area contributed by atoms with Gasteiger partial charge >= 0.3 is 5.97 Å². The molecule has 2 aromatic heterocycles. The number of nitrogens with zero attached hydrogens (tertiary/aromatic N) is 3. The molecule has 200 valence electrons. The number of carboxylic acids is 1. The fourth-order valence-electron chi connectivity index (χ4n) is 3.36. The van der Waals surface area contributed by atoms with E-state index in [4.69, 9.17) is 14.6 Å². The fraction of sp³-hybridized carbons (Fsp3) is 0.0645. The van der Waals surface area contributed by atoms with Crippen LogP contribution in [0.25, 0.3) is 11.3 Å². The Bertz CT molecular complexity index is 1470. The third-order valence-corrected chi connectivity index (χ3v) is 5.23. The molecule has 0 aliphatic heterocycles. The summed E-state index contributed by atoms with van der Waals surface area (Å²) in [4.78, 5) is 20.3. The maximum absolute atomic E-state index is 10.1. The van der Waals surface area contributed by atoms with E-state index in [-0.39, 0.29) is 26.8 Å². The van der Waals surface area contributed by atoms with E-state index in [9.17, 15) is 4.79 Å². The molecule has 7 nitrogen and oxygen atoms in total. The summed E-state index contributed by atoms with van der Waals surface area (Å²) >= 11 is 0. The van der Waals surface area contributed by atoms with Crippen molar-refractivity contribution in [3.63, 3.8) is 0 Å². The van der Waals surface area contributed by atoms with Gasteiger partial charge < -0.3 is 24.5 Å². The first-order valence-electron chi connectivity index (χ1n) is 11.8. The number of benzene rings is 3. The van der Waals surface area contributed by atoms with Gasteiger partial charge in [0, 0.05) is 64.7 Å². The summed E-state index contributed by atoms with van der Waals surface area (Å²) in [6.07, 6.45) is 3.24. The fourth-order valence-corrected chi connectivity index (χ4v) is 3.36. The van der Waals surface area contributed by atoms with Crippen molar-refractivity contribution in [2.24, 2.45) is 0 Å². The van der Waals surface area contributed by atoms with Crippen LogP contribution in [0.3, 0.4) is 0 Å². The van der Waals surface area contributed by atoms with Crippen molar-refractivity contribution in [2.45, 2.75) is 0 Å². The molecule has 0 fully saturated rings. The molecule has 1 N–H and O–H groups in total. The second kappa shape index (κ2) is 14.5. The SMILES string of the molecule is CN(C)c1ccnc(-c2[c-]cc(Oc3ccccc3)cc2Oc2ccccc2)c1.O=C(O)c1ccccn1.[Pt]. The van der Waals surface area contributed by atoms with Gasteiger partial charge in [0.1, 0.15) is 17.2 Å². The van der Waals surface area contributed by atoms with E-state index in [0.717, 1.165) is 28.4 Å². The summed E-state index contributed by atoms with van der Waals surface area (Å²) in [5.74, 6) is 1.79. The molecular formula is C31H26N3O4Pt-. The molecule has 0 unspecified atom stereocenters. The van der Waals surface area contributed by atoms with Gasteiger partial charge in [-0.25, -0.2) is 9.78 Å². The van der Waals surface area contributed by atoms with Crippen LogP contribution in [0.1, 0.15) is 10.5 Å². The van der Waals surface area contributed by atoms with Gasteiger partial charge in [0.25, 0.3) is 0 Å². The molecule has 8 heteroatoms. The molecule has 0 aliphatic carbocycles. The summed E-state index contributed by atoms with van der Waals surface area (Å²) in [5.41, 5.74) is 2.70. The van der Waals surface area contributed by atoms with Crippen molar-refractivity contribution in [1.29, 1.82) is 0 Å². The number of aromatic nitrogens is 2. The van der Waals surface area contributed by atoms with Crippen LogP contribution in [0.5, 0.6) is 23.0 Å². The van der Waals surface area contributed by atoms with Crippen LogP contribution in [0, 0.1) is 6.07 Å². The van der Waals surface area contributed by atoms with Crippen LogP contribution in [-0.4, -0.2) is 35.1 Å². The van der Waals surface area contributed by atoms with Gasteiger partial charge in [0.05, 0.1) is 0 Å². The zero-order valence-electron chi connectivity index (χ0n) is 21.3. The molecule has 0 saturated carbocycles. The van der Waals surface area contributed by atoms with E-state index in [0.29, 0.717) is 11.5 Å². The normalized spacial score (nSPS) is 9.79. The minimum atomic E-state index is -0.990. The number of pyridine rings is 2. The predicted octanol–water partition coefficient (Wildman–Crippen LogP) is 6.98. The average Bonchev–Trinajstić information content (AvgIpc) is 2.95. The minimum Gasteiger partial charge on any atom is -0.502 e. The number of para-hydroxylation sites is 2. The van der Waals surface area contributed by atoms with Crippen molar-refractivity contribution in [1.82, 2.24) is 9.97 Å². The van der Waals surface area contributed by atoms with Crippen LogP contribution >= 0.6 is 0 Å². The van der Waals surface area contributed by atoms with E-state index in [1.54, 1.807) is 18.3 Å². The van der Waals surface area contributed by atoms with E-state index in [1.165, 1.54) is 12.3 Å². The maximum Gasteiger partial charge on any atom is 0.354 e. The van der Waals surface area contributed by atoms with Gasteiger partial charge in [-0.1, -0.05) is 60.2 Å². The third kappa shape index (κ3) is 8.52. The smallest absolute Gasteiger partial charge is 0.354 e. The Kier molecular flexibility index (Phi) is 10.8. The Morgan fingerprint density at radius 2 is 1.41 bits per heavy atom. The molecule has 0 bridgehead atoms. The van der Waals surface area contributed by atoms with Crippen molar-refractivity contribution in [2.75, 3.05) is 19.0 Å². The molecule has 0 atom stereocenters. The second-order valence-electron chi connectivity index (χ2n) is 8.22. The molecule has 39 heavy (non-hydrogen) atoms. The summed E-state index contributed by atoms with van der Waals surface area (Å²) < 4.78 is 12.1. The van der Waals surface area contributed by atoms with Crippen LogP contribution < -0.4 is 14.4 Å². The van der Waals surface area contributed by atoms with Crippen LogP contribution in [-0.2, 0) is 21.1 Å². The number of rotatable bonds is 7. The molecule has 5 aromatic rings. The van der Waals surface area contributed by atoms with Gasteiger partial charge in [0.2, 0.25) is 0 Å². The molecule has 0 radical (unpaired) electrons. The quantitative estimate of drug-likeness (QED) is 0.184. The Balaban J connectivity index is 0.000000359. The molecule has 2 heterocycles. The van der Waals surface area contributed by atoms with Crippen LogP contribution in [0.2, 0.25) is 0 Å². The molecule has 0 amide bonds. The van der Waals surface area contributed by atoms with Gasteiger partial charge in [-0.3, -0.25) is 0 Å². The molecule has 0 saturated heterocycles. The Morgan fingerprint density at radius 3 is 1.97 bits per heavy atom. The summed E-state index contributed by atoms with van der Waals surface area (Å²) in [5, 5.41) is 8.32. The van der Waals surface area contributed by atoms with Gasteiger partial charge in [-0.15, -0.1) is 12.1 Å². The number of anilines is 1. The minimum absolute atomic E-state index is 0. The van der Waals surface area contributed by atoms with Crippen molar-refractivity contribution >= 4 is 11.7 Å². The summed E-state index contributed by atoms with van der Waals surface area (Å²) in [7, 11) is 4.00. The van der Waals surface area contributed by atoms with Crippen molar-refractivity contribution in [3.05, 3.63) is 127 Å². The maximum atomic E-state index is 10.1. The first-order valence-corrected chi connectivity index (χ1v) is 11.8. The first kappa shape index (κ1) is 29.1. The van der Waals surface area contributed by atoms with Crippen LogP contribution in [0.4, 0.5) is 5.69 Å². The van der Waals surface area contributed by atoms with Crippen LogP contribution in [0.15, 0.2) is 116 Å². The third-order valence-electron chi connectivity index (χ3n) is 5.23. The Hall–Kier alpha value is -4.48. The average molecular weight is 700 g/mol. The van der Waals surface area contributed by atoms with E-state index in [2.05, 4.69) is 16.0 Å². The Labute approximate surface area is 242 Å². The predicted molar refractivity (Wildman–Crippen MR) is 147 cm³/mol. The van der Waals surface area contributed by atoms with Crippen molar-refractivity contribution < 1.29 is 40.4 Å². The molecule has 0 aliphatic rings. The number of aromatic carboxylic acids is 1. The second-order valence-corrected chi connectivity index (χ2v) is 8.22. The zero-order chi connectivity index (χ0) is 26.7. The van der Waals surface area contributed by atoms with Gasteiger partial charge in [-0.05, 0) is 48.2 Å². The summed E-state index contributed by atoms with van der Waals surface area (Å²) in [6, 6.07) is 35.0. The molecular weight excluding hydrogens is 673 g/mol. The number of hydrogen-bond donors (Lipinski definition) is 1. The standard InChI is InChI=1S/C25H21N2O2.C6H5NO2.Pt/c1-27(2)19-15-16-26-24(17-19)23-14-13-22(28-20-9-5-3-6-10-20)18-25(23)29-21-11-7-4-8-12-21;8-6(9)5-3-1-2-4-7-5;/h3-13,15-18H,1-2H3;1-4H,(H,8,9);/q-1;;. The van der Waals surface area contributed by atoms with E-state index >= 15 is 0 Å². The van der Waals surface area contributed by atoms with E-state index < -0.39 is 5.97 Å². The summed E-state index contributed by atoms with van der Waals surface area (Å²) in [6.45, 7) is 0. The topological polar surface area (TPSA) is 84.8 Å². The van der Waals surface area contributed by atoms with Gasteiger partial charge in [0.15, 0.2) is 0 Å². The molecule has 5 rings (SSSR count). The van der Waals surface area contributed by atoms with Gasteiger partial charge in [-0.2, -0.15) is 0 Å². The number of carboxylic acid groups (broad SMARTS) is 1. The largest absolute Gasteiger partial charge is 0.502 e. The number of hydrogen-bond acceptors (Lipinski definition) is 6.